The number of aromatic hydroxyl groups is 1. The van der Waals surface area contributed by atoms with Crippen LogP contribution in [0.15, 0.2) is 18.2 Å². The number of carbonyl (C=O) groups is 1. The Morgan fingerprint density at radius 3 is 2.75 bits per heavy atom. The van der Waals surface area contributed by atoms with E-state index in [1.165, 1.54) is 11.0 Å². The fourth-order valence-corrected chi connectivity index (χ4v) is 2.40. The fraction of sp³-hybridized carbons (Fsp3) is 0.500. The zero-order chi connectivity index (χ0) is 14.8. The number of phenols is 1. The molecule has 1 fully saturated rings. The first-order valence-electron chi connectivity index (χ1n) is 6.56. The molecule has 0 bridgehead atoms. The van der Waals surface area contributed by atoms with E-state index in [9.17, 15) is 19.4 Å². The molecule has 1 aromatic carbocycles. The number of amides is 1. The normalized spacial score (nSPS) is 23.4. The molecule has 1 atom stereocenters. The van der Waals surface area contributed by atoms with Crippen molar-refractivity contribution in [3.63, 3.8) is 0 Å². The van der Waals surface area contributed by atoms with E-state index in [4.69, 9.17) is 5.11 Å². The fourth-order valence-electron chi connectivity index (χ4n) is 2.40. The van der Waals surface area contributed by atoms with Gasteiger partial charge in [0, 0.05) is 19.2 Å². The van der Waals surface area contributed by atoms with Crippen LogP contribution >= 0.6 is 0 Å². The van der Waals surface area contributed by atoms with Crippen molar-refractivity contribution in [2.75, 3.05) is 19.7 Å². The highest BCUT2D eigenvalue weighted by Crippen LogP contribution is 2.25. The smallest absolute Gasteiger partial charge is 0.257 e. The van der Waals surface area contributed by atoms with Crippen LogP contribution in [0.25, 0.3) is 0 Å². The van der Waals surface area contributed by atoms with Gasteiger partial charge in [0.15, 0.2) is 0 Å². The van der Waals surface area contributed by atoms with Crippen LogP contribution in [0, 0.1) is 5.82 Å². The number of carbonyl (C=O) groups excluding carboxylic acids is 1. The quantitative estimate of drug-likeness (QED) is 0.752. The molecule has 1 saturated heterocycles. The minimum absolute atomic E-state index is 0.0424. The average Bonchev–Trinajstić information content (AvgIpc) is 2.61. The Bertz CT molecular complexity index is 508. The number of nitrogens with zero attached hydrogens (tertiary/aromatic N) is 1. The molecular formula is C14H18FNO4. The molecule has 0 saturated carbocycles. The summed E-state index contributed by atoms with van der Waals surface area (Å²) in [6.45, 7) is 0.376. The number of aliphatic hydroxyl groups excluding tert-OH is 1. The van der Waals surface area contributed by atoms with Crippen molar-refractivity contribution in [1.82, 2.24) is 4.90 Å². The minimum Gasteiger partial charge on any atom is -0.507 e. The third-order valence-corrected chi connectivity index (χ3v) is 3.69. The van der Waals surface area contributed by atoms with Crippen LogP contribution in [0.5, 0.6) is 5.75 Å². The van der Waals surface area contributed by atoms with Crippen LogP contribution < -0.4 is 0 Å². The summed E-state index contributed by atoms with van der Waals surface area (Å²) in [5.41, 5.74) is -1.11. The van der Waals surface area contributed by atoms with Crippen LogP contribution in [-0.2, 0) is 0 Å². The van der Waals surface area contributed by atoms with Gasteiger partial charge in [0.1, 0.15) is 11.6 Å². The third kappa shape index (κ3) is 3.08. The highest BCUT2D eigenvalue weighted by Gasteiger charge is 2.31. The van der Waals surface area contributed by atoms with E-state index < -0.39 is 23.1 Å². The summed E-state index contributed by atoms with van der Waals surface area (Å²) in [6, 6.07) is 3.26. The summed E-state index contributed by atoms with van der Waals surface area (Å²) >= 11 is 0. The molecule has 0 spiro atoms. The molecule has 1 heterocycles. The molecule has 20 heavy (non-hydrogen) atoms. The van der Waals surface area contributed by atoms with Crippen molar-refractivity contribution in [1.29, 1.82) is 0 Å². The first kappa shape index (κ1) is 14.7. The van der Waals surface area contributed by atoms with Gasteiger partial charge in [-0.2, -0.15) is 0 Å². The number of benzene rings is 1. The number of likely N-dealkylation sites (tertiary alicyclic amines) is 1. The molecule has 6 heteroatoms. The SMILES string of the molecule is O=C(c1ccc(F)cc1O)N1CCC[C@](O)(CO)CC1. The molecule has 0 radical (unpaired) electrons. The largest absolute Gasteiger partial charge is 0.507 e. The lowest BCUT2D eigenvalue weighted by atomic mass is 9.96. The van der Waals surface area contributed by atoms with Crippen molar-refractivity contribution in [3.05, 3.63) is 29.6 Å². The molecule has 0 unspecified atom stereocenters. The van der Waals surface area contributed by atoms with Crippen LogP contribution in [-0.4, -0.2) is 51.4 Å². The van der Waals surface area contributed by atoms with Gasteiger partial charge >= 0.3 is 0 Å². The van der Waals surface area contributed by atoms with Gasteiger partial charge in [0.25, 0.3) is 5.91 Å². The molecule has 110 valence electrons. The summed E-state index contributed by atoms with van der Waals surface area (Å²) in [5.74, 6) is -1.40. The summed E-state index contributed by atoms with van der Waals surface area (Å²) in [7, 11) is 0. The van der Waals surface area contributed by atoms with E-state index in [1.807, 2.05) is 0 Å². The van der Waals surface area contributed by atoms with Gasteiger partial charge in [-0.25, -0.2) is 4.39 Å². The lowest BCUT2D eigenvalue weighted by Gasteiger charge is -2.24. The van der Waals surface area contributed by atoms with Gasteiger partial charge < -0.3 is 20.2 Å². The second kappa shape index (κ2) is 5.76. The lowest BCUT2D eigenvalue weighted by molar-refractivity contribution is -0.0250. The van der Waals surface area contributed by atoms with Gasteiger partial charge in [-0.3, -0.25) is 4.79 Å². The molecule has 0 aliphatic carbocycles. The third-order valence-electron chi connectivity index (χ3n) is 3.69. The maximum absolute atomic E-state index is 12.9. The molecule has 1 aliphatic heterocycles. The Balaban J connectivity index is 2.13. The van der Waals surface area contributed by atoms with Crippen molar-refractivity contribution in [2.45, 2.75) is 24.9 Å². The van der Waals surface area contributed by atoms with E-state index in [0.717, 1.165) is 12.1 Å². The Kier molecular flexibility index (Phi) is 4.25. The van der Waals surface area contributed by atoms with Crippen LogP contribution in [0.2, 0.25) is 0 Å². The standard InChI is InChI=1S/C14H18FNO4/c15-10-2-3-11(12(18)8-10)13(19)16-6-1-4-14(20,9-17)5-7-16/h2-3,8,17-18,20H,1,4-7,9H2/t14-/m1/s1. The number of halogens is 1. The van der Waals surface area contributed by atoms with E-state index in [0.29, 0.717) is 19.4 Å². The number of hydrogen-bond donors (Lipinski definition) is 3. The first-order chi connectivity index (χ1) is 9.45. The van der Waals surface area contributed by atoms with Gasteiger partial charge in [-0.15, -0.1) is 0 Å². The predicted molar refractivity (Wildman–Crippen MR) is 69.9 cm³/mol. The Morgan fingerprint density at radius 2 is 2.10 bits per heavy atom. The van der Waals surface area contributed by atoms with Crippen LogP contribution in [0.3, 0.4) is 0 Å². The zero-order valence-electron chi connectivity index (χ0n) is 11.0. The second-order valence-corrected chi connectivity index (χ2v) is 5.19. The van der Waals surface area contributed by atoms with E-state index in [1.54, 1.807) is 0 Å². The van der Waals surface area contributed by atoms with Crippen molar-refractivity contribution < 1.29 is 24.5 Å². The minimum atomic E-state index is -1.15. The Hall–Kier alpha value is -1.66. The summed E-state index contributed by atoms with van der Waals surface area (Å²) in [4.78, 5) is 13.8. The van der Waals surface area contributed by atoms with Crippen LogP contribution in [0.1, 0.15) is 29.6 Å². The molecule has 1 aromatic rings. The molecular weight excluding hydrogens is 265 g/mol. The number of rotatable bonds is 2. The van der Waals surface area contributed by atoms with E-state index >= 15 is 0 Å². The van der Waals surface area contributed by atoms with Gasteiger partial charge in [0.05, 0.1) is 17.8 Å². The molecule has 5 nitrogen and oxygen atoms in total. The first-order valence-corrected chi connectivity index (χ1v) is 6.56. The molecule has 1 aliphatic rings. The topological polar surface area (TPSA) is 81.0 Å². The molecule has 0 aromatic heterocycles. The van der Waals surface area contributed by atoms with Gasteiger partial charge in [-0.1, -0.05) is 0 Å². The highest BCUT2D eigenvalue weighted by molar-refractivity contribution is 5.96. The molecule has 2 rings (SSSR count). The van der Waals surface area contributed by atoms with Gasteiger partial charge in [0.2, 0.25) is 0 Å². The van der Waals surface area contributed by atoms with E-state index in [-0.39, 0.29) is 25.1 Å². The maximum atomic E-state index is 12.9. The number of phenolic OH excluding ortho intramolecular Hbond substituents is 1. The van der Waals surface area contributed by atoms with Gasteiger partial charge in [-0.05, 0) is 31.4 Å². The predicted octanol–water partition coefficient (Wildman–Crippen LogP) is 0.881. The van der Waals surface area contributed by atoms with Crippen molar-refractivity contribution in [2.24, 2.45) is 0 Å². The number of aliphatic hydroxyl groups is 2. The lowest BCUT2D eigenvalue weighted by Crippen LogP contribution is -2.36. The molecule has 3 N–H and O–H groups in total. The second-order valence-electron chi connectivity index (χ2n) is 5.19. The average molecular weight is 283 g/mol. The van der Waals surface area contributed by atoms with E-state index in [2.05, 4.69) is 0 Å². The molecule has 1 amide bonds. The summed E-state index contributed by atoms with van der Waals surface area (Å²) in [6.07, 6.45) is 1.25. The number of hydrogen-bond acceptors (Lipinski definition) is 4. The summed E-state index contributed by atoms with van der Waals surface area (Å²) in [5, 5.41) is 28.8. The Labute approximate surface area is 116 Å². The summed E-state index contributed by atoms with van der Waals surface area (Å²) < 4.78 is 12.9. The monoisotopic (exact) mass is 283 g/mol. The van der Waals surface area contributed by atoms with Crippen molar-refractivity contribution >= 4 is 5.91 Å². The van der Waals surface area contributed by atoms with Crippen molar-refractivity contribution in [3.8, 4) is 5.75 Å². The maximum Gasteiger partial charge on any atom is 0.257 e. The zero-order valence-corrected chi connectivity index (χ0v) is 11.0. The highest BCUT2D eigenvalue weighted by atomic mass is 19.1. The Morgan fingerprint density at radius 1 is 1.35 bits per heavy atom. The van der Waals surface area contributed by atoms with Crippen LogP contribution in [0.4, 0.5) is 4.39 Å².